The third kappa shape index (κ3) is 6.05. The molecule has 5 aliphatic rings. The first kappa shape index (κ1) is 29.9. The van der Waals surface area contributed by atoms with Gasteiger partial charge in [-0.2, -0.15) is 0 Å². The van der Waals surface area contributed by atoms with E-state index in [0.717, 1.165) is 62.1 Å². The first-order valence-corrected chi connectivity index (χ1v) is 16.1. The van der Waals surface area contributed by atoms with Crippen LogP contribution in [0.25, 0.3) is 11.1 Å². The van der Waals surface area contributed by atoms with Crippen molar-refractivity contribution < 1.29 is 9.53 Å². The van der Waals surface area contributed by atoms with Gasteiger partial charge in [0.2, 0.25) is 0 Å². The van der Waals surface area contributed by atoms with Crippen molar-refractivity contribution in [3.63, 3.8) is 0 Å². The Balaban J connectivity index is 1.35. The molecular formula is C42H31N5O2. The number of aliphatic imine (C=N–C) groups is 4. The molecule has 3 aromatic carbocycles. The molecule has 3 aromatic rings. The molecule has 1 N–H and O–H groups in total. The Morgan fingerprint density at radius 2 is 1.16 bits per heavy atom. The van der Waals surface area contributed by atoms with Crippen LogP contribution in [0.5, 0.6) is 0 Å². The molecule has 5 heterocycles. The molecule has 7 heteroatoms. The molecule has 0 fully saturated rings. The van der Waals surface area contributed by atoms with Gasteiger partial charge in [0.25, 0.3) is 0 Å². The zero-order valence-electron chi connectivity index (χ0n) is 26.7. The Bertz CT molecular complexity index is 2200. The fourth-order valence-electron chi connectivity index (χ4n) is 6.33. The minimum absolute atomic E-state index is 0.381. The predicted octanol–water partition coefficient (Wildman–Crippen LogP) is 7.34. The Morgan fingerprint density at radius 3 is 1.86 bits per heavy atom. The van der Waals surface area contributed by atoms with Crippen molar-refractivity contribution in [2.24, 2.45) is 20.0 Å². The van der Waals surface area contributed by atoms with E-state index in [9.17, 15) is 4.79 Å². The monoisotopic (exact) mass is 637 g/mol. The number of ether oxygens (including phenoxy) is 1. The fourth-order valence-corrected chi connectivity index (χ4v) is 6.33. The van der Waals surface area contributed by atoms with Crippen LogP contribution < -0.4 is 5.32 Å². The van der Waals surface area contributed by atoms with Crippen LogP contribution in [0.4, 0.5) is 0 Å². The van der Waals surface area contributed by atoms with Crippen LogP contribution in [0.2, 0.25) is 0 Å². The average Bonchev–Trinajstić information content (AvgIpc) is 3.98. The maximum atomic E-state index is 13.3. The molecule has 8 bridgehead atoms. The van der Waals surface area contributed by atoms with Crippen LogP contribution in [0.3, 0.4) is 0 Å². The Kier molecular flexibility index (Phi) is 7.91. The summed E-state index contributed by atoms with van der Waals surface area (Å²) in [4.78, 5) is 33.7. The second kappa shape index (κ2) is 13.0. The number of esters is 1. The van der Waals surface area contributed by atoms with Crippen molar-refractivity contribution in [1.29, 1.82) is 0 Å². The van der Waals surface area contributed by atoms with Gasteiger partial charge in [-0.25, -0.2) is 24.8 Å². The number of methoxy groups -OCH3 is 1. The number of benzene rings is 3. The molecule has 0 amide bonds. The highest BCUT2D eigenvalue weighted by molar-refractivity contribution is 6.34. The van der Waals surface area contributed by atoms with Crippen molar-refractivity contribution in [2.45, 2.75) is 12.5 Å². The van der Waals surface area contributed by atoms with Gasteiger partial charge in [0.05, 0.1) is 58.4 Å². The molecule has 0 aromatic heterocycles. The number of rotatable bonds is 7. The minimum Gasteiger partial charge on any atom is -0.467 e. The van der Waals surface area contributed by atoms with E-state index < -0.39 is 6.04 Å². The van der Waals surface area contributed by atoms with Crippen molar-refractivity contribution in [2.75, 3.05) is 7.11 Å². The third-order valence-corrected chi connectivity index (χ3v) is 8.65. The highest BCUT2D eigenvalue weighted by Crippen LogP contribution is 2.33. The lowest BCUT2D eigenvalue weighted by Crippen LogP contribution is -2.41. The quantitative estimate of drug-likeness (QED) is 0.275. The van der Waals surface area contributed by atoms with E-state index in [2.05, 4.69) is 29.6 Å². The van der Waals surface area contributed by atoms with Gasteiger partial charge in [0.15, 0.2) is 0 Å². The van der Waals surface area contributed by atoms with Crippen molar-refractivity contribution in [1.82, 2.24) is 5.32 Å². The number of hydrogen-bond donors (Lipinski definition) is 1. The van der Waals surface area contributed by atoms with Gasteiger partial charge in [0, 0.05) is 17.6 Å². The summed E-state index contributed by atoms with van der Waals surface area (Å²) in [6, 6.07) is 29.5. The molecule has 0 aliphatic carbocycles. The number of hydrogen-bond acceptors (Lipinski definition) is 7. The van der Waals surface area contributed by atoms with Crippen LogP contribution in [-0.2, 0) is 16.0 Å². The summed E-state index contributed by atoms with van der Waals surface area (Å²) in [5.74, 6) is -0.381. The van der Waals surface area contributed by atoms with Gasteiger partial charge in [-0.05, 0) is 71.4 Å². The van der Waals surface area contributed by atoms with Crippen LogP contribution in [0.15, 0.2) is 194 Å². The average molecular weight is 638 g/mol. The molecule has 8 rings (SSSR count). The molecule has 1 atom stereocenters. The molecule has 0 saturated heterocycles. The van der Waals surface area contributed by atoms with Crippen molar-refractivity contribution >= 4 is 40.0 Å². The molecule has 236 valence electrons. The molecule has 1 unspecified atom stereocenters. The lowest BCUT2D eigenvalue weighted by Gasteiger charge is -2.20. The number of nitrogens with zero attached hydrogens (tertiary/aromatic N) is 4. The SMILES string of the molecule is COC(=O)C(Cc1ccccc1)NC1=C2C=CC(=N2)C(c2ccccc2)=C2C=CC(=N2)C=C2C=CC(=N2)C(c2ccccc2)=C2C=CC1=N2. The zero-order chi connectivity index (χ0) is 33.2. The van der Waals surface area contributed by atoms with Crippen molar-refractivity contribution in [3.05, 3.63) is 191 Å². The second-order valence-corrected chi connectivity index (χ2v) is 11.9. The second-order valence-electron chi connectivity index (χ2n) is 11.9. The third-order valence-electron chi connectivity index (χ3n) is 8.65. The summed E-state index contributed by atoms with van der Waals surface area (Å²) in [5.41, 5.74) is 11.4. The number of carbonyl (C=O) groups excluding carboxylic acids is 1. The topological polar surface area (TPSA) is 87.8 Å². The normalized spacial score (nSPS) is 18.0. The molecule has 7 nitrogen and oxygen atoms in total. The standard InChI is InChI=1S/C42H31N5O2/c1-49-42(48)38(25-27-11-5-2-6-12-27)47-41-36-23-21-34(45-36)39(28-13-7-3-8-14-28)32-19-17-30(43-32)26-31-18-20-33(44-31)40(29-15-9-4-10-16-29)35-22-24-37(41)46-35/h2-24,26,38,47H,25H2,1H3. The fraction of sp³-hybridized carbons (Fsp3) is 0.0714. The molecular weight excluding hydrogens is 606 g/mol. The van der Waals surface area contributed by atoms with Gasteiger partial charge >= 0.3 is 5.97 Å². The maximum Gasteiger partial charge on any atom is 0.328 e. The number of fused-ring (bicyclic) bond motifs is 4. The predicted molar refractivity (Wildman–Crippen MR) is 197 cm³/mol. The zero-order valence-corrected chi connectivity index (χ0v) is 26.7. The number of carbonyl (C=O) groups is 1. The van der Waals surface area contributed by atoms with Crippen LogP contribution in [0.1, 0.15) is 16.7 Å². The maximum absolute atomic E-state index is 13.3. The highest BCUT2D eigenvalue weighted by Gasteiger charge is 2.28. The molecule has 0 saturated carbocycles. The van der Waals surface area contributed by atoms with Gasteiger partial charge in [-0.15, -0.1) is 0 Å². The molecule has 5 aliphatic heterocycles. The van der Waals surface area contributed by atoms with Crippen LogP contribution in [0, 0.1) is 0 Å². The summed E-state index contributed by atoms with van der Waals surface area (Å²) < 4.78 is 5.29. The molecule has 0 spiro atoms. The van der Waals surface area contributed by atoms with Crippen LogP contribution >= 0.6 is 0 Å². The summed E-state index contributed by atoms with van der Waals surface area (Å²) >= 11 is 0. The molecule has 49 heavy (non-hydrogen) atoms. The lowest BCUT2D eigenvalue weighted by atomic mass is 9.99. The van der Waals surface area contributed by atoms with E-state index in [1.165, 1.54) is 7.11 Å². The van der Waals surface area contributed by atoms with Crippen molar-refractivity contribution in [3.8, 4) is 0 Å². The van der Waals surface area contributed by atoms with E-state index in [1.807, 2.05) is 121 Å². The lowest BCUT2D eigenvalue weighted by molar-refractivity contribution is -0.142. The van der Waals surface area contributed by atoms with E-state index in [1.54, 1.807) is 0 Å². The summed E-state index contributed by atoms with van der Waals surface area (Å²) in [7, 11) is 1.41. The Labute approximate surface area is 284 Å². The summed E-state index contributed by atoms with van der Waals surface area (Å²) in [6.07, 6.45) is 18.4. The summed E-state index contributed by atoms with van der Waals surface area (Å²) in [6.45, 7) is 0. The Hall–Kier alpha value is -6.47. The first-order valence-electron chi connectivity index (χ1n) is 16.1. The smallest absolute Gasteiger partial charge is 0.328 e. The van der Waals surface area contributed by atoms with Gasteiger partial charge in [-0.1, -0.05) is 91.0 Å². The number of allylic oxidation sites excluding steroid dienone is 11. The largest absolute Gasteiger partial charge is 0.467 e. The number of nitrogens with one attached hydrogen (secondary N) is 1. The van der Waals surface area contributed by atoms with Gasteiger partial charge in [0.1, 0.15) is 6.04 Å². The van der Waals surface area contributed by atoms with E-state index in [0.29, 0.717) is 23.5 Å². The minimum atomic E-state index is -0.697. The molecule has 0 radical (unpaired) electrons. The highest BCUT2D eigenvalue weighted by atomic mass is 16.5. The first-order chi connectivity index (χ1) is 24.1. The Morgan fingerprint density at radius 1 is 0.612 bits per heavy atom. The van der Waals surface area contributed by atoms with Crippen LogP contribution in [-0.4, -0.2) is 42.0 Å². The van der Waals surface area contributed by atoms with Gasteiger partial charge in [-0.3, -0.25) is 0 Å². The van der Waals surface area contributed by atoms with Gasteiger partial charge < -0.3 is 10.1 Å². The van der Waals surface area contributed by atoms with E-state index >= 15 is 0 Å². The van der Waals surface area contributed by atoms with E-state index in [4.69, 9.17) is 24.7 Å². The van der Waals surface area contributed by atoms with E-state index in [-0.39, 0.29) is 5.97 Å². The summed E-state index contributed by atoms with van der Waals surface area (Å²) in [5, 5.41) is 3.52.